The van der Waals surface area contributed by atoms with Gasteiger partial charge in [-0.3, -0.25) is 9.69 Å². The van der Waals surface area contributed by atoms with Crippen LogP contribution in [0.2, 0.25) is 5.02 Å². The lowest BCUT2D eigenvalue weighted by Gasteiger charge is -2.40. The van der Waals surface area contributed by atoms with E-state index in [1.54, 1.807) is 20.0 Å². The van der Waals surface area contributed by atoms with Crippen LogP contribution < -0.4 is 15.0 Å². The third-order valence-electron chi connectivity index (χ3n) is 6.71. The molecule has 12 heteroatoms. The number of hydrogen-bond donors (Lipinski definition) is 2. The van der Waals surface area contributed by atoms with Crippen molar-refractivity contribution in [2.24, 2.45) is 0 Å². The number of rotatable bonds is 9. The Morgan fingerprint density at radius 3 is 2.42 bits per heavy atom. The topological polar surface area (TPSA) is 82.1 Å². The first kappa shape index (κ1) is 29.2. The highest BCUT2D eigenvalue weighted by molar-refractivity contribution is 6.32. The molecule has 1 aliphatic rings. The number of fused-ring (bicyclic) bond motifs is 1. The molecule has 4 rings (SSSR count). The zero-order chi connectivity index (χ0) is 29.1. The number of ether oxygens (including phenoxy) is 1. The third-order valence-corrected chi connectivity index (χ3v) is 7.12. The number of carbonyl (C=O) groups is 2. The average molecular weight is 580 g/mol. The second-order valence-corrected chi connectivity index (χ2v) is 9.60. The number of aliphatic hydroxyl groups excluding tert-OH is 1. The molecule has 212 valence electrons. The van der Waals surface area contributed by atoms with E-state index in [4.69, 9.17) is 21.4 Å². The Kier molecular flexibility index (Phi) is 8.85. The van der Waals surface area contributed by atoms with Crippen LogP contribution in [0.25, 0.3) is 0 Å². The molecule has 1 atom stereocenters. The smallest absolute Gasteiger partial charge is 0.325 e. The van der Waals surface area contributed by atoms with Crippen molar-refractivity contribution in [3.05, 3.63) is 93.0 Å². The van der Waals surface area contributed by atoms with Crippen LogP contribution in [0.1, 0.15) is 46.4 Å². The molecule has 1 unspecified atom stereocenters. The first-order valence-electron chi connectivity index (χ1n) is 12.3. The number of benzene rings is 3. The van der Waals surface area contributed by atoms with Crippen molar-refractivity contribution in [3.8, 4) is 5.75 Å². The normalized spacial score (nSPS) is 14.8. The van der Waals surface area contributed by atoms with E-state index < -0.39 is 47.3 Å². The number of aliphatic hydroxyl groups is 1. The van der Waals surface area contributed by atoms with Crippen molar-refractivity contribution in [2.75, 3.05) is 25.2 Å². The van der Waals surface area contributed by atoms with Gasteiger partial charge in [-0.2, -0.15) is 0 Å². The fourth-order valence-electron chi connectivity index (χ4n) is 4.34. The van der Waals surface area contributed by atoms with Crippen molar-refractivity contribution in [1.82, 2.24) is 10.2 Å². The number of anilines is 1. The molecule has 0 aliphatic carbocycles. The average Bonchev–Trinajstić information content (AvgIpc) is 2.91. The van der Waals surface area contributed by atoms with Crippen LogP contribution in [-0.2, 0) is 13.1 Å². The van der Waals surface area contributed by atoms with E-state index in [1.165, 1.54) is 28.0 Å². The third kappa shape index (κ3) is 5.85. The van der Waals surface area contributed by atoms with Crippen LogP contribution in [0.3, 0.4) is 0 Å². The van der Waals surface area contributed by atoms with Crippen molar-refractivity contribution >= 4 is 29.2 Å². The van der Waals surface area contributed by atoms with Gasteiger partial charge in [-0.25, -0.2) is 22.4 Å². The van der Waals surface area contributed by atoms with Gasteiger partial charge in [0.25, 0.3) is 5.91 Å². The zero-order valence-electron chi connectivity index (χ0n) is 21.6. The van der Waals surface area contributed by atoms with E-state index in [-0.39, 0.29) is 47.7 Å². The van der Waals surface area contributed by atoms with Gasteiger partial charge in [0.1, 0.15) is 29.0 Å². The second kappa shape index (κ2) is 12.1. The summed E-state index contributed by atoms with van der Waals surface area (Å²) in [6.07, 6.45) is 0.342. The summed E-state index contributed by atoms with van der Waals surface area (Å²) in [5.41, 5.74) is 0.544. The van der Waals surface area contributed by atoms with Gasteiger partial charge in [0.2, 0.25) is 0 Å². The lowest BCUT2D eigenvalue weighted by Crippen LogP contribution is -2.46. The minimum atomic E-state index is -1.14. The molecule has 2 N–H and O–H groups in total. The molecule has 0 saturated carbocycles. The first-order chi connectivity index (χ1) is 19.0. The molecule has 0 spiro atoms. The van der Waals surface area contributed by atoms with Crippen LogP contribution in [-0.4, -0.2) is 42.2 Å². The summed E-state index contributed by atoms with van der Waals surface area (Å²) in [5.74, 6) is -4.55. The predicted octanol–water partition coefficient (Wildman–Crippen LogP) is 5.72. The number of carbonyl (C=O) groups excluding carboxylic acids is 2. The maximum absolute atomic E-state index is 14.9. The SMILES string of the molecule is CC1c2ccc(C(=O)NCc3c(F)cc(F)cc3F)cc2N(Cc2c(F)ccc(OCCCO)c2Cl)C(=O)N1C. The minimum absolute atomic E-state index is 0.0115. The van der Waals surface area contributed by atoms with E-state index >= 15 is 0 Å². The summed E-state index contributed by atoms with van der Waals surface area (Å²) in [6.45, 7) is 1.01. The fraction of sp³-hybridized carbons (Fsp3) is 0.286. The van der Waals surface area contributed by atoms with Crippen LogP contribution in [0.4, 0.5) is 28.0 Å². The second-order valence-electron chi connectivity index (χ2n) is 9.22. The van der Waals surface area contributed by atoms with Gasteiger partial charge >= 0.3 is 6.03 Å². The van der Waals surface area contributed by atoms with Gasteiger partial charge in [0.15, 0.2) is 0 Å². The molecule has 40 heavy (non-hydrogen) atoms. The molecule has 7 nitrogen and oxygen atoms in total. The number of nitrogens with one attached hydrogen (secondary N) is 1. The van der Waals surface area contributed by atoms with Crippen molar-refractivity contribution in [3.63, 3.8) is 0 Å². The van der Waals surface area contributed by atoms with Gasteiger partial charge in [-0.1, -0.05) is 17.7 Å². The molecular formula is C28H26ClF4N3O4. The van der Waals surface area contributed by atoms with Crippen molar-refractivity contribution in [2.45, 2.75) is 32.5 Å². The lowest BCUT2D eigenvalue weighted by atomic mass is 9.98. The van der Waals surface area contributed by atoms with Crippen LogP contribution in [0.15, 0.2) is 42.5 Å². The molecule has 3 aromatic carbocycles. The van der Waals surface area contributed by atoms with Gasteiger partial charge in [0.05, 0.1) is 29.9 Å². The Morgan fingerprint density at radius 2 is 1.75 bits per heavy atom. The molecule has 3 amide bonds. The summed E-state index contributed by atoms with van der Waals surface area (Å²) < 4.78 is 61.7. The molecule has 0 saturated heterocycles. The summed E-state index contributed by atoms with van der Waals surface area (Å²) in [7, 11) is 1.59. The highest BCUT2D eigenvalue weighted by atomic mass is 35.5. The maximum atomic E-state index is 14.9. The van der Waals surface area contributed by atoms with E-state index in [0.717, 1.165) is 6.07 Å². The summed E-state index contributed by atoms with van der Waals surface area (Å²) in [4.78, 5) is 29.0. The zero-order valence-corrected chi connectivity index (χ0v) is 22.4. The Morgan fingerprint density at radius 1 is 1.05 bits per heavy atom. The molecule has 0 fully saturated rings. The molecule has 3 aromatic rings. The summed E-state index contributed by atoms with van der Waals surface area (Å²) in [6, 6.07) is 7.24. The van der Waals surface area contributed by atoms with Crippen molar-refractivity contribution in [1.29, 1.82) is 0 Å². The van der Waals surface area contributed by atoms with E-state index in [1.807, 2.05) is 0 Å². The molecular weight excluding hydrogens is 554 g/mol. The highest BCUT2D eigenvalue weighted by Gasteiger charge is 2.35. The Hall–Kier alpha value is -3.83. The lowest BCUT2D eigenvalue weighted by molar-refractivity contribution is 0.0950. The van der Waals surface area contributed by atoms with Gasteiger partial charge in [-0.05, 0) is 36.8 Å². The highest BCUT2D eigenvalue weighted by Crippen LogP contribution is 2.39. The quantitative estimate of drug-likeness (QED) is 0.251. The van der Waals surface area contributed by atoms with Crippen LogP contribution >= 0.6 is 11.6 Å². The van der Waals surface area contributed by atoms with Gasteiger partial charge in [-0.15, -0.1) is 0 Å². The maximum Gasteiger partial charge on any atom is 0.325 e. The number of halogens is 5. The Labute approximate surface area is 232 Å². The molecule has 0 bridgehead atoms. The number of amides is 3. The summed E-state index contributed by atoms with van der Waals surface area (Å²) >= 11 is 6.44. The standard InChI is InChI=1S/C28H26ClF4N3O4/c1-15-18-5-4-16(27(38)34-13-19-22(32)11-17(30)12-23(19)33)10-24(18)36(28(39)35(15)2)14-20-21(31)6-7-25(26(20)29)40-9-3-8-37/h4-7,10-12,15,37H,3,8-9,13-14H2,1-2H3,(H,34,38). The number of hydrogen-bond acceptors (Lipinski definition) is 4. The molecule has 1 aliphatic heterocycles. The monoisotopic (exact) mass is 579 g/mol. The van der Waals surface area contributed by atoms with Crippen LogP contribution in [0.5, 0.6) is 5.75 Å². The largest absolute Gasteiger partial charge is 0.492 e. The van der Waals surface area contributed by atoms with E-state index in [9.17, 15) is 27.2 Å². The fourth-order valence-corrected chi connectivity index (χ4v) is 4.61. The summed E-state index contributed by atoms with van der Waals surface area (Å²) in [5, 5.41) is 11.3. The van der Waals surface area contributed by atoms with E-state index in [2.05, 4.69) is 5.32 Å². The van der Waals surface area contributed by atoms with Crippen molar-refractivity contribution < 1.29 is 37.0 Å². The Balaban J connectivity index is 1.64. The van der Waals surface area contributed by atoms with E-state index in [0.29, 0.717) is 29.8 Å². The van der Waals surface area contributed by atoms with Gasteiger partial charge < -0.3 is 20.1 Å². The number of urea groups is 1. The number of nitrogens with zero attached hydrogens (tertiary/aromatic N) is 2. The molecule has 1 heterocycles. The minimum Gasteiger partial charge on any atom is -0.492 e. The predicted molar refractivity (Wildman–Crippen MR) is 140 cm³/mol. The Bertz CT molecular complexity index is 1430. The van der Waals surface area contributed by atoms with Gasteiger partial charge in [0, 0.05) is 55.4 Å². The van der Waals surface area contributed by atoms with Crippen LogP contribution in [0, 0.1) is 23.3 Å². The first-order valence-corrected chi connectivity index (χ1v) is 12.7. The molecule has 0 aromatic heterocycles. The molecule has 0 radical (unpaired) electrons.